The molecular weight excluding hydrogens is 405 g/mol. The van der Waals surface area contributed by atoms with Crippen molar-refractivity contribution in [3.05, 3.63) is 113 Å². The highest BCUT2D eigenvalue weighted by molar-refractivity contribution is 6.48. The minimum atomic E-state index is -0.340. The van der Waals surface area contributed by atoms with Gasteiger partial charge in [-0.25, -0.2) is 14.4 Å². The zero-order chi connectivity index (χ0) is 22.1. The number of aromatic hydroxyl groups is 1. The summed E-state index contributed by atoms with van der Waals surface area (Å²) in [6.45, 7) is 0. The van der Waals surface area contributed by atoms with E-state index in [0.29, 0.717) is 29.2 Å². The summed E-state index contributed by atoms with van der Waals surface area (Å²) in [6, 6.07) is 22.4. The molecule has 0 bridgehead atoms. The second-order valence-electron chi connectivity index (χ2n) is 7.47. The smallest absolute Gasteiger partial charge is 0.282 e. The summed E-state index contributed by atoms with van der Waals surface area (Å²) in [7, 11) is 0. The van der Waals surface area contributed by atoms with Gasteiger partial charge in [0.15, 0.2) is 5.84 Å². The number of halogens is 1. The van der Waals surface area contributed by atoms with Gasteiger partial charge in [-0.1, -0.05) is 42.5 Å². The molecule has 0 atom stereocenters. The Balaban J connectivity index is 1.57. The Kier molecular flexibility index (Phi) is 4.95. The molecule has 5 nitrogen and oxygen atoms in total. The van der Waals surface area contributed by atoms with Crippen molar-refractivity contribution in [3.8, 4) is 5.75 Å². The topological polar surface area (TPSA) is 65.3 Å². The minimum Gasteiger partial charge on any atom is -0.508 e. The lowest BCUT2D eigenvalue weighted by atomic mass is 10.0. The maximum absolute atomic E-state index is 13.2. The molecule has 1 N–H and O–H groups in total. The molecule has 0 fully saturated rings. The van der Waals surface area contributed by atoms with E-state index in [0.717, 1.165) is 11.1 Å². The third-order valence-electron chi connectivity index (χ3n) is 5.21. The molecule has 0 unspecified atom stereocenters. The monoisotopic (exact) mass is 423 g/mol. The van der Waals surface area contributed by atoms with Gasteiger partial charge in [0.25, 0.3) is 5.91 Å². The molecule has 0 saturated heterocycles. The molecule has 2 heterocycles. The number of nitrogens with zero attached hydrogens (tertiary/aromatic N) is 3. The number of amidine groups is 1. The van der Waals surface area contributed by atoms with E-state index in [1.165, 1.54) is 17.0 Å². The van der Waals surface area contributed by atoms with Crippen LogP contribution in [0, 0.1) is 5.82 Å². The van der Waals surface area contributed by atoms with Gasteiger partial charge >= 0.3 is 0 Å². The third-order valence-corrected chi connectivity index (χ3v) is 5.21. The molecule has 32 heavy (non-hydrogen) atoms. The van der Waals surface area contributed by atoms with Crippen molar-refractivity contribution in [2.24, 2.45) is 9.98 Å². The molecule has 5 rings (SSSR count). The van der Waals surface area contributed by atoms with Gasteiger partial charge in [0.2, 0.25) is 0 Å². The maximum Gasteiger partial charge on any atom is 0.282 e. The van der Waals surface area contributed by atoms with Crippen LogP contribution in [0.15, 0.2) is 101 Å². The van der Waals surface area contributed by atoms with E-state index in [9.17, 15) is 14.3 Å². The lowest BCUT2D eigenvalue weighted by molar-refractivity contribution is -0.120. The van der Waals surface area contributed by atoms with Crippen molar-refractivity contribution in [3.63, 3.8) is 0 Å². The van der Waals surface area contributed by atoms with Crippen molar-refractivity contribution >= 4 is 29.2 Å². The summed E-state index contributed by atoms with van der Waals surface area (Å²) < 4.78 is 13.2. The number of fused-ring (bicyclic) bond motifs is 1. The molecule has 0 saturated carbocycles. The number of phenolic OH excluding ortho intramolecular Hbond substituents is 1. The van der Waals surface area contributed by atoms with Crippen LogP contribution in [-0.2, 0) is 11.2 Å². The fraction of sp³-hybridized carbons (Fsp3) is 0.0385. The molecule has 6 heteroatoms. The van der Waals surface area contributed by atoms with Crippen LogP contribution in [0.5, 0.6) is 5.75 Å². The summed E-state index contributed by atoms with van der Waals surface area (Å²) in [6.07, 6.45) is 3.80. The Morgan fingerprint density at radius 2 is 1.62 bits per heavy atom. The molecule has 2 aliphatic rings. The van der Waals surface area contributed by atoms with E-state index in [1.807, 2.05) is 30.3 Å². The van der Waals surface area contributed by atoms with E-state index >= 15 is 0 Å². The number of hydrogen-bond donors (Lipinski definition) is 1. The number of amides is 1. The average Bonchev–Trinajstić information content (AvgIpc) is 3.12. The Bertz CT molecular complexity index is 1310. The first-order valence-electron chi connectivity index (χ1n) is 10.1. The van der Waals surface area contributed by atoms with Crippen LogP contribution in [-0.4, -0.2) is 27.5 Å². The maximum atomic E-state index is 13.2. The summed E-state index contributed by atoms with van der Waals surface area (Å²) in [5, 5.41) is 9.62. The number of phenols is 1. The number of carbonyl (C=O) groups is 1. The van der Waals surface area contributed by atoms with E-state index in [4.69, 9.17) is 4.99 Å². The first-order chi connectivity index (χ1) is 15.6. The average molecular weight is 423 g/mol. The molecule has 3 aromatic rings. The summed E-state index contributed by atoms with van der Waals surface area (Å²) in [5.41, 5.74) is 4.03. The number of hydrogen-bond acceptors (Lipinski definition) is 4. The number of benzene rings is 3. The first-order valence-corrected chi connectivity index (χ1v) is 10.1. The first kappa shape index (κ1) is 19.6. The van der Waals surface area contributed by atoms with E-state index in [2.05, 4.69) is 4.99 Å². The predicted molar refractivity (Wildman–Crippen MR) is 122 cm³/mol. The zero-order valence-corrected chi connectivity index (χ0v) is 16.9. The molecule has 156 valence electrons. The van der Waals surface area contributed by atoms with Crippen LogP contribution in [0.3, 0.4) is 0 Å². The largest absolute Gasteiger partial charge is 0.508 e. The fourth-order valence-corrected chi connectivity index (χ4v) is 3.60. The summed E-state index contributed by atoms with van der Waals surface area (Å²) in [4.78, 5) is 24.0. The van der Waals surface area contributed by atoms with E-state index in [1.54, 1.807) is 48.7 Å². The minimum absolute atomic E-state index is 0.155. The highest BCUT2D eigenvalue weighted by Crippen LogP contribution is 2.29. The van der Waals surface area contributed by atoms with Crippen molar-refractivity contribution < 1.29 is 14.3 Å². The van der Waals surface area contributed by atoms with Crippen molar-refractivity contribution in [2.75, 3.05) is 0 Å². The van der Waals surface area contributed by atoms with Gasteiger partial charge in [-0.3, -0.25) is 9.69 Å². The van der Waals surface area contributed by atoms with Gasteiger partial charge in [0, 0.05) is 18.2 Å². The fourth-order valence-electron chi connectivity index (χ4n) is 3.60. The molecular formula is C26H18FN3O2. The van der Waals surface area contributed by atoms with Crippen LogP contribution in [0.1, 0.15) is 16.7 Å². The van der Waals surface area contributed by atoms with Gasteiger partial charge in [-0.15, -0.1) is 0 Å². The summed E-state index contributed by atoms with van der Waals surface area (Å²) in [5.74, 6) is 0.0193. The van der Waals surface area contributed by atoms with Gasteiger partial charge in [-0.05, 0) is 53.6 Å². The highest BCUT2D eigenvalue weighted by Gasteiger charge is 2.35. The third kappa shape index (κ3) is 3.86. The Hall–Kier alpha value is -4.32. The molecule has 0 aromatic heterocycles. The Labute approximate surface area is 184 Å². The molecule has 2 aliphatic heterocycles. The van der Waals surface area contributed by atoms with Crippen molar-refractivity contribution in [2.45, 2.75) is 6.42 Å². The quantitative estimate of drug-likeness (QED) is 0.612. The predicted octanol–water partition coefficient (Wildman–Crippen LogP) is 4.81. The van der Waals surface area contributed by atoms with Crippen molar-refractivity contribution in [1.82, 2.24) is 4.90 Å². The van der Waals surface area contributed by atoms with Crippen LogP contribution in [0.2, 0.25) is 0 Å². The van der Waals surface area contributed by atoms with Crippen LogP contribution < -0.4 is 0 Å². The van der Waals surface area contributed by atoms with Gasteiger partial charge in [0.05, 0.1) is 11.4 Å². The van der Waals surface area contributed by atoms with Crippen LogP contribution in [0.25, 0.3) is 11.8 Å². The molecule has 1 amide bonds. The standard InChI is InChI=1S/C26H18FN3O2/c27-20-10-6-18(7-11-20)15-23-26(32)30-16-24(19-8-12-21(31)13-9-19)28-22(25(30)29-23)14-17-4-2-1-3-5-17/h1-13,15-16,31H,14H2/b23-15-. The Morgan fingerprint density at radius 3 is 2.34 bits per heavy atom. The SMILES string of the molecule is O=C1/C(=C/c2ccc(F)cc2)N=C2C(Cc3ccccc3)=NC(c3ccc(O)cc3)=CN12. The number of rotatable bonds is 4. The van der Waals surface area contributed by atoms with Crippen LogP contribution in [0.4, 0.5) is 4.39 Å². The van der Waals surface area contributed by atoms with Gasteiger partial charge < -0.3 is 5.11 Å². The molecule has 0 aliphatic carbocycles. The van der Waals surface area contributed by atoms with E-state index < -0.39 is 0 Å². The van der Waals surface area contributed by atoms with Crippen LogP contribution >= 0.6 is 0 Å². The zero-order valence-electron chi connectivity index (χ0n) is 16.9. The van der Waals surface area contributed by atoms with Crippen molar-refractivity contribution in [1.29, 1.82) is 0 Å². The number of aliphatic imine (C=N–C) groups is 2. The van der Waals surface area contributed by atoms with Gasteiger partial charge in [0.1, 0.15) is 17.3 Å². The Morgan fingerprint density at radius 1 is 0.906 bits per heavy atom. The summed E-state index contributed by atoms with van der Waals surface area (Å²) >= 11 is 0. The molecule has 3 aromatic carbocycles. The molecule has 0 radical (unpaired) electrons. The second-order valence-corrected chi connectivity index (χ2v) is 7.47. The normalized spacial score (nSPS) is 16.5. The highest BCUT2D eigenvalue weighted by atomic mass is 19.1. The second kappa shape index (κ2) is 8.07. The molecule has 0 spiro atoms. The lowest BCUT2D eigenvalue weighted by Crippen LogP contribution is -2.36. The van der Waals surface area contributed by atoms with E-state index in [-0.39, 0.29) is 23.2 Å². The number of carbonyl (C=O) groups excluding carboxylic acids is 1. The lowest BCUT2D eigenvalue weighted by Gasteiger charge is -2.22. The van der Waals surface area contributed by atoms with Gasteiger partial charge in [-0.2, -0.15) is 0 Å².